The molecule has 70 valence electrons. The zero-order valence-corrected chi connectivity index (χ0v) is 7.82. The molecule has 1 N–H and O–H groups in total. The molecule has 0 saturated heterocycles. The number of nitrogens with zero attached hydrogens (tertiary/aromatic N) is 1. The lowest BCUT2D eigenvalue weighted by molar-refractivity contribution is 0.0699. The number of aromatic nitrogens is 1. The highest BCUT2D eigenvalue weighted by atomic mass is 35.5. The highest BCUT2D eigenvalue weighted by molar-refractivity contribution is 6.36. The van der Waals surface area contributed by atoms with Gasteiger partial charge >= 0.3 is 5.97 Å². The second kappa shape index (κ2) is 3.27. The first-order valence-corrected chi connectivity index (χ1v) is 4.34. The van der Waals surface area contributed by atoms with E-state index in [4.69, 9.17) is 16.7 Å². The minimum atomic E-state index is -0.995. The van der Waals surface area contributed by atoms with Gasteiger partial charge in [-0.2, -0.15) is 0 Å². The molecule has 1 aromatic carbocycles. The van der Waals surface area contributed by atoms with E-state index in [0.717, 1.165) is 0 Å². The summed E-state index contributed by atoms with van der Waals surface area (Å²) in [5, 5.41) is 9.82. The monoisotopic (exact) mass is 207 g/mol. The third-order valence-electron chi connectivity index (χ3n) is 1.95. The average Bonchev–Trinajstić information content (AvgIpc) is 2.17. The number of pyridine rings is 1. The van der Waals surface area contributed by atoms with Crippen LogP contribution in [0.4, 0.5) is 0 Å². The van der Waals surface area contributed by atoms with Gasteiger partial charge in [-0.05, 0) is 18.2 Å². The topological polar surface area (TPSA) is 50.2 Å². The molecule has 0 aliphatic heterocycles. The number of hydrogen-bond donors (Lipinski definition) is 1. The van der Waals surface area contributed by atoms with E-state index in [0.29, 0.717) is 15.9 Å². The third-order valence-corrected chi connectivity index (χ3v) is 2.26. The largest absolute Gasteiger partial charge is 0.478 e. The Hall–Kier alpha value is -1.61. The molecule has 14 heavy (non-hydrogen) atoms. The maximum absolute atomic E-state index is 10.9. The molecule has 0 spiro atoms. The van der Waals surface area contributed by atoms with E-state index in [1.165, 1.54) is 6.07 Å². The number of rotatable bonds is 1. The van der Waals surface area contributed by atoms with Crippen molar-refractivity contribution in [2.24, 2.45) is 0 Å². The van der Waals surface area contributed by atoms with Gasteiger partial charge < -0.3 is 5.11 Å². The number of hydrogen-bond acceptors (Lipinski definition) is 2. The van der Waals surface area contributed by atoms with Crippen LogP contribution in [-0.4, -0.2) is 16.1 Å². The van der Waals surface area contributed by atoms with Gasteiger partial charge in [-0.1, -0.05) is 17.7 Å². The number of carboxylic acids is 1. The smallest absolute Gasteiger partial charge is 0.336 e. The second-order valence-electron chi connectivity index (χ2n) is 2.80. The molecule has 2 rings (SSSR count). The van der Waals surface area contributed by atoms with Crippen molar-refractivity contribution in [1.82, 2.24) is 4.98 Å². The molecule has 0 bridgehead atoms. The first kappa shape index (κ1) is 8.97. The number of carboxylic acid groups (broad SMARTS) is 1. The summed E-state index contributed by atoms with van der Waals surface area (Å²) in [6.07, 6.45) is 1.55. The molecule has 1 aromatic heterocycles. The van der Waals surface area contributed by atoms with Gasteiger partial charge in [0.1, 0.15) is 0 Å². The number of aromatic carboxylic acids is 1. The van der Waals surface area contributed by atoms with Crippen LogP contribution in [0.15, 0.2) is 30.5 Å². The van der Waals surface area contributed by atoms with Gasteiger partial charge in [0.25, 0.3) is 0 Å². The molecule has 0 aliphatic rings. The highest BCUT2D eigenvalue weighted by Gasteiger charge is 2.10. The molecule has 0 aliphatic carbocycles. The Morgan fingerprint density at radius 2 is 2.14 bits per heavy atom. The Bertz CT molecular complexity index is 505. The summed E-state index contributed by atoms with van der Waals surface area (Å²) in [6, 6.07) is 6.47. The zero-order chi connectivity index (χ0) is 10.1. The molecule has 0 radical (unpaired) electrons. The van der Waals surface area contributed by atoms with Crippen molar-refractivity contribution in [3.8, 4) is 0 Å². The molecule has 0 unspecified atom stereocenters. The van der Waals surface area contributed by atoms with Gasteiger partial charge in [0.15, 0.2) is 0 Å². The highest BCUT2D eigenvalue weighted by Crippen LogP contribution is 2.24. The van der Waals surface area contributed by atoms with Gasteiger partial charge in [0.05, 0.1) is 16.1 Å². The van der Waals surface area contributed by atoms with Crippen LogP contribution in [0.1, 0.15) is 10.4 Å². The van der Waals surface area contributed by atoms with E-state index in [-0.39, 0.29) is 5.56 Å². The fourth-order valence-electron chi connectivity index (χ4n) is 1.34. The molecule has 3 nitrogen and oxygen atoms in total. The summed E-state index contributed by atoms with van der Waals surface area (Å²) in [6.45, 7) is 0. The Morgan fingerprint density at radius 3 is 2.86 bits per heavy atom. The van der Waals surface area contributed by atoms with Crippen molar-refractivity contribution in [3.05, 3.63) is 41.0 Å². The van der Waals surface area contributed by atoms with Crippen LogP contribution < -0.4 is 0 Å². The van der Waals surface area contributed by atoms with Crippen molar-refractivity contribution < 1.29 is 9.90 Å². The fraction of sp³-hybridized carbons (Fsp3) is 0. The van der Waals surface area contributed by atoms with Crippen LogP contribution in [-0.2, 0) is 0 Å². The Kier molecular flexibility index (Phi) is 2.09. The normalized spacial score (nSPS) is 10.4. The second-order valence-corrected chi connectivity index (χ2v) is 3.20. The molecule has 4 heteroatoms. The Balaban J connectivity index is 2.91. The van der Waals surface area contributed by atoms with Gasteiger partial charge in [0, 0.05) is 11.6 Å². The van der Waals surface area contributed by atoms with Crippen molar-refractivity contribution in [3.63, 3.8) is 0 Å². The number of fused-ring (bicyclic) bond motifs is 1. The molecule has 1 heterocycles. The fourth-order valence-corrected chi connectivity index (χ4v) is 1.60. The van der Waals surface area contributed by atoms with Gasteiger partial charge in [-0.25, -0.2) is 4.79 Å². The first-order valence-electron chi connectivity index (χ1n) is 3.96. The average molecular weight is 208 g/mol. The van der Waals surface area contributed by atoms with Crippen molar-refractivity contribution in [2.45, 2.75) is 0 Å². The Labute approximate surface area is 85.0 Å². The van der Waals surface area contributed by atoms with Crippen LogP contribution >= 0.6 is 11.6 Å². The summed E-state index contributed by atoms with van der Waals surface area (Å²) < 4.78 is 0. The van der Waals surface area contributed by atoms with E-state index in [1.54, 1.807) is 24.4 Å². The molecule has 0 amide bonds. The molecule has 0 saturated carbocycles. The number of benzene rings is 1. The molecule has 2 aromatic rings. The summed E-state index contributed by atoms with van der Waals surface area (Å²) in [5.41, 5.74) is 0.776. The third kappa shape index (κ3) is 1.32. The quantitative estimate of drug-likeness (QED) is 0.782. The lowest BCUT2D eigenvalue weighted by atomic mass is 10.1. The number of carbonyl (C=O) groups is 1. The summed E-state index contributed by atoms with van der Waals surface area (Å²) in [7, 11) is 0. The van der Waals surface area contributed by atoms with E-state index in [2.05, 4.69) is 4.98 Å². The van der Waals surface area contributed by atoms with Gasteiger partial charge in [-0.3, -0.25) is 4.98 Å². The van der Waals surface area contributed by atoms with E-state index in [1.807, 2.05) is 0 Å². The van der Waals surface area contributed by atoms with Crippen LogP contribution in [0.2, 0.25) is 5.02 Å². The van der Waals surface area contributed by atoms with Crippen LogP contribution in [0.3, 0.4) is 0 Å². The molecular formula is C10H6ClNO2. The lowest BCUT2D eigenvalue weighted by Gasteiger charge is -2.02. The van der Waals surface area contributed by atoms with Gasteiger partial charge in [-0.15, -0.1) is 0 Å². The van der Waals surface area contributed by atoms with Crippen molar-refractivity contribution in [2.75, 3.05) is 0 Å². The van der Waals surface area contributed by atoms with Crippen molar-refractivity contribution in [1.29, 1.82) is 0 Å². The Morgan fingerprint density at radius 1 is 1.36 bits per heavy atom. The van der Waals surface area contributed by atoms with E-state index in [9.17, 15) is 4.79 Å². The summed E-state index contributed by atoms with van der Waals surface area (Å²) in [4.78, 5) is 14.9. The van der Waals surface area contributed by atoms with Crippen LogP contribution in [0, 0.1) is 0 Å². The van der Waals surface area contributed by atoms with Gasteiger partial charge in [0.2, 0.25) is 0 Å². The van der Waals surface area contributed by atoms with Crippen LogP contribution in [0.25, 0.3) is 10.9 Å². The minimum absolute atomic E-state index is 0.181. The maximum atomic E-state index is 10.9. The van der Waals surface area contributed by atoms with Crippen LogP contribution in [0.5, 0.6) is 0 Å². The van der Waals surface area contributed by atoms with E-state index < -0.39 is 5.97 Å². The zero-order valence-electron chi connectivity index (χ0n) is 7.07. The van der Waals surface area contributed by atoms with Crippen molar-refractivity contribution >= 4 is 28.5 Å². The maximum Gasteiger partial charge on any atom is 0.336 e. The minimum Gasteiger partial charge on any atom is -0.478 e. The predicted molar refractivity (Wildman–Crippen MR) is 53.7 cm³/mol. The predicted octanol–water partition coefficient (Wildman–Crippen LogP) is 2.59. The molecule has 0 fully saturated rings. The SMILES string of the molecule is O=C(O)c1cccc2nccc(Cl)c12. The summed E-state index contributed by atoms with van der Waals surface area (Å²) >= 11 is 5.90. The standard InChI is InChI=1S/C10H6ClNO2/c11-7-4-5-12-8-3-1-2-6(9(7)8)10(13)14/h1-5H,(H,13,14). The first-order chi connectivity index (χ1) is 6.70. The number of halogens is 1. The lowest BCUT2D eigenvalue weighted by Crippen LogP contribution is -1.98. The molecular weight excluding hydrogens is 202 g/mol. The van der Waals surface area contributed by atoms with E-state index >= 15 is 0 Å². The molecule has 0 atom stereocenters. The summed E-state index contributed by atoms with van der Waals surface area (Å²) in [5.74, 6) is -0.995.